The van der Waals surface area contributed by atoms with E-state index in [4.69, 9.17) is 5.73 Å². The lowest BCUT2D eigenvalue weighted by Gasteiger charge is -2.19. The summed E-state index contributed by atoms with van der Waals surface area (Å²) in [5.41, 5.74) is 6.54. The van der Waals surface area contributed by atoms with Crippen LogP contribution >= 0.6 is 0 Å². The van der Waals surface area contributed by atoms with Gasteiger partial charge in [0.25, 0.3) is 5.91 Å². The quantitative estimate of drug-likeness (QED) is 0.755. The van der Waals surface area contributed by atoms with E-state index in [0.29, 0.717) is 6.54 Å². The minimum absolute atomic E-state index is 0.0749. The largest absolute Gasteiger partial charge is 0.467 e. The highest BCUT2D eigenvalue weighted by atomic mass is 16.5. The summed E-state index contributed by atoms with van der Waals surface area (Å²) in [7, 11) is 1.29. The van der Waals surface area contributed by atoms with E-state index < -0.39 is 17.9 Å². The van der Waals surface area contributed by atoms with Gasteiger partial charge >= 0.3 is 5.97 Å². The third-order valence-electron chi connectivity index (χ3n) is 2.70. The molecule has 1 atom stereocenters. The van der Waals surface area contributed by atoms with Crippen LogP contribution in [-0.2, 0) is 16.1 Å². The molecule has 6 heteroatoms. The summed E-state index contributed by atoms with van der Waals surface area (Å²) < 4.78 is 4.66. The Balaban J connectivity index is 2.84. The van der Waals surface area contributed by atoms with E-state index in [0.717, 1.165) is 5.56 Å². The van der Waals surface area contributed by atoms with Gasteiger partial charge in [-0.15, -0.1) is 0 Å². The third-order valence-corrected chi connectivity index (χ3v) is 2.70. The zero-order valence-electron chi connectivity index (χ0n) is 11.3. The molecule has 3 N–H and O–H groups in total. The Morgan fingerprint density at radius 2 is 2.16 bits per heavy atom. The lowest BCUT2D eigenvalue weighted by atomic mass is 10.0. The van der Waals surface area contributed by atoms with Crippen LogP contribution in [0.2, 0.25) is 0 Å². The number of carbonyl (C=O) groups excluding carboxylic acids is 2. The first kappa shape index (κ1) is 15.1. The first-order valence-electron chi connectivity index (χ1n) is 6.03. The number of methoxy groups -OCH3 is 1. The Labute approximate surface area is 112 Å². The van der Waals surface area contributed by atoms with E-state index in [2.05, 4.69) is 15.0 Å². The van der Waals surface area contributed by atoms with Crippen LogP contribution in [0.15, 0.2) is 18.3 Å². The summed E-state index contributed by atoms with van der Waals surface area (Å²) in [6, 6.07) is 2.64. The number of amides is 1. The van der Waals surface area contributed by atoms with Gasteiger partial charge in [0.15, 0.2) is 0 Å². The molecular formula is C13H19N3O3. The Kier molecular flexibility index (Phi) is 5.44. The number of hydrogen-bond donors (Lipinski definition) is 2. The zero-order chi connectivity index (χ0) is 14.4. The van der Waals surface area contributed by atoms with E-state index >= 15 is 0 Å². The predicted molar refractivity (Wildman–Crippen MR) is 70.2 cm³/mol. The monoisotopic (exact) mass is 265 g/mol. The van der Waals surface area contributed by atoms with Crippen molar-refractivity contribution >= 4 is 11.9 Å². The number of carbonyl (C=O) groups is 2. The van der Waals surface area contributed by atoms with Crippen LogP contribution in [0.5, 0.6) is 0 Å². The molecule has 1 amide bonds. The second kappa shape index (κ2) is 6.84. The minimum atomic E-state index is -0.694. The topological polar surface area (TPSA) is 94.3 Å². The molecule has 0 unspecified atom stereocenters. The number of nitrogens with zero attached hydrogens (tertiary/aromatic N) is 1. The van der Waals surface area contributed by atoms with Crippen LogP contribution in [0.3, 0.4) is 0 Å². The number of ether oxygens (including phenoxy) is 1. The predicted octanol–water partition coefficient (Wildman–Crippen LogP) is 0.468. The zero-order valence-corrected chi connectivity index (χ0v) is 11.3. The highest BCUT2D eigenvalue weighted by molar-refractivity contribution is 5.95. The van der Waals surface area contributed by atoms with Gasteiger partial charge in [0.1, 0.15) is 11.7 Å². The lowest BCUT2D eigenvalue weighted by molar-refractivity contribution is -0.144. The standard InChI is InChI=1S/C13H19N3O3/c1-8(2)11(13(18)19-3)16-12(17)10-6-9(7-14)4-5-15-10/h4-6,8,11H,7,14H2,1-3H3,(H,16,17)/t11-/m1/s1. The van der Waals surface area contributed by atoms with Crippen molar-refractivity contribution in [2.75, 3.05) is 7.11 Å². The first-order valence-corrected chi connectivity index (χ1v) is 6.03. The molecule has 0 aliphatic carbocycles. The molecule has 1 aromatic rings. The maximum absolute atomic E-state index is 12.0. The number of rotatable bonds is 5. The molecule has 0 saturated heterocycles. The second-order valence-electron chi connectivity index (χ2n) is 4.47. The molecule has 0 aliphatic rings. The average Bonchev–Trinajstić information content (AvgIpc) is 2.43. The maximum atomic E-state index is 12.0. The SMILES string of the molecule is COC(=O)[C@H](NC(=O)c1cc(CN)ccn1)C(C)C. The number of hydrogen-bond acceptors (Lipinski definition) is 5. The summed E-state index contributed by atoms with van der Waals surface area (Å²) in [5, 5.41) is 2.62. The summed E-state index contributed by atoms with van der Waals surface area (Å²) in [5.74, 6) is -0.966. The van der Waals surface area contributed by atoms with E-state index in [1.54, 1.807) is 12.1 Å². The Morgan fingerprint density at radius 1 is 1.47 bits per heavy atom. The van der Waals surface area contributed by atoms with E-state index in [1.165, 1.54) is 13.3 Å². The summed E-state index contributed by atoms with van der Waals surface area (Å²) >= 11 is 0. The van der Waals surface area contributed by atoms with Gasteiger partial charge in [0.2, 0.25) is 0 Å². The molecule has 6 nitrogen and oxygen atoms in total. The minimum Gasteiger partial charge on any atom is -0.467 e. The Hall–Kier alpha value is -1.95. The molecule has 0 aliphatic heterocycles. The fraction of sp³-hybridized carbons (Fsp3) is 0.462. The molecule has 19 heavy (non-hydrogen) atoms. The van der Waals surface area contributed by atoms with Crippen molar-refractivity contribution in [3.05, 3.63) is 29.6 Å². The van der Waals surface area contributed by atoms with Crippen LogP contribution in [0.4, 0.5) is 0 Å². The van der Waals surface area contributed by atoms with Crippen molar-refractivity contribution in [2.45, 2.75) is 26.4 Å². The molecule has 0 saturated carbocycles. The molecule has 1 rings (SSSR count). The molecule has 1 aromatic heterocycles. The van der Waals surface area contributed by atoms with Crippen molar-refractivity contribution in [2.24, 2.45) is 11.7 Å². The maximum Gasteiger partial charge on any atom is 0.328 e. The lowest BCUT2D eigenvalue weighted by Crippen LogP contribution is -2.45. The fourth-order valence-corrected chi connectivity index (χ4v) is 1.57. The fourth-order valence-electron chi connectivity index (χ4n) is 1.57. The smallest absolute Gasteiger partial charge is 0.328 e. The van der Waals surface area contributed by atoms with Crippen LogP contribution in [-0.4, -0.2) is 30.0 Å². The average molecular weight is 265 g/mol. The molecular weight excluding hydrogens is 246 g/mol. The molecule has 0 bridgehead atoms. The highest BCUT2D eigenvalue weighted by Crippen LogP contribution is 2.06. The van der Waals surface area contributed by atoms with Crippen LogP contribution in [0, 0.1) is 5.92 Å². The van der Waals surface area contributed by atoms with E-state index in [9.17, 15) is 9.59 Å². The van der Waals surface area contributed by atoms with Gasteiger partial charge in [-0.2, -0.15) is 0 Å². The number of nitrogens with two attached hydrogens (primary N) is 1. The number of esters is 1. The second-order valence-corrected chi connectivity index (χ2v) is 4.47. The van der Waals surface area contributed by atoms with Crippen molar-refractivity contribution in [1.82, 2.24) is 10.3 Å². The van der Waals surface area contributed by atoms with Crippen molar-refractivity contribution in [3.8, 4) is 0 Å². The molecule has 0 radical (unpaired) electrons. The Bertz CT molecular complexity index is 460. The summed E-state index contributed by atoms with van der Waals surface area (Å²) in [6.45, 7) is 3.98. The summed E-state index contributed by atoms with van der Waals surface area (Å²) in [4.78, 5) is 27.6. The molecule has 104 valence electrons. The molecule has 0 fully saturated rings. The Morgan fingerprint density at radius 3 is 2.68 bits per heavy atom. The molecule has 0 aromatic carbocycles. The van der Waals surface area contributed by atoms with E-state index in [-0.39, 0.29) is 11.6 Å². The first-order chi connectivity index (χ1) is 8.99. The normalized spacial score (nSPS) is 12.1. The number of pyridine rings is 1. The molecule has 1 heterocycles. The summed E-state index contributed by atoms with van der Waals surface area (Å²) in [6.07, 6.45) is 1.51. The van der Waals surface area contributed by atoms with Gasteiger partial charge in [-0.25, -0.2) is 4.79 Å². The van der Waals surface area contributed by atoms with Gasteiger partial charge in [-0.3, -0.25) is 9.78 Å². The van der Waals surface area contributed by atoms with Crippen molar-refractivity contribution < 1.29 is 14.3 Å². The van der Waals surface area contributed by atoms with Gasteiger partial charge in [-0.05, 0) is 23.6 Å². The van der Waals surface area contributed by atoms with Crippen LogP contribution < -0.4 is 11.1 Å². The van der Waals surface area contributed by atoms with Crippen molar-refractivity contribution in [3.63, 3.8) is 0 Å². The number of nitrogens with one attached hydrogen (secondary N) is 1. The highest BCUT2D eigenvalue weighted by Gasteiger charge is 2.25. The van der Waals surface area contributed by atoms with Gasteiger partial charge in [0, 0.05) is 12.7 Å². The van der Waals surface area contributed by atoms with Crippen LogP contribution in [0.25, 0.3) is 0 Å². The van der Waals surface area contributed by atoms with Gasteiger partial charge in [0.05, 0.1) is 7.11 Å². The van der Waals surface area contributed by atoms with Crippen LogP contribution in [0.1, 0.15) is 29.9 Å². The number of aromatic nitrogens is 1. The van der Waals surface area contributed by atoms with Crippen molar-refractivity contribution in [1.29, 1.82) is 0 Å². The molecule has 0 spiro atoms. The van der Waals surface area contributed by atoms with E-state index in [1.807, 2.05) is 13.8 Å². The van der Waals surface area contributed by atoms with Gasteiger partial charge in [-0.1, -0.05) is 13.8 Å². The third kappa shape index (κ3) is 4.03. The van der Waals surface area contributed by atoms with Gasteiger partial charge < -0.3 is 15.8 Å².